The molecule has 0 aliphatic rings. The number of aromatic nitrogens is 4. The van der Waals surface area contributed by atoms with Crippen LogP contribution in [0.25, 0.3) is 11.4 Å². The number of hydrogen-bond donors (Lipinski definition) is 0. The summed E-state index contributed by atoms with van der Waals surface area (Å²) in [6, 6.07) is 6.45. The Kier molecular flexibility index (Phi) is 4.48. The van der Waals surface area contributed by atoms with Crippen molar-refractivity contribution in [2.75, 3.05) is 6.26 Å². The van der Waals surface area contributed by atoms with Gasteiger partial charge >= 0.3 is 0 Å². The lowest BCUT2D eigenvalue weighted by Gasteiger charge is -2.02. The standard InChI is InChI=1S/C16H18N4O3S/c1-12-17-9-11-20(12)10-3-4-15-18-16(19-23-15)13-5-7-14(8-6-13)24(2,21)22/h5-9,11H,3-4,10H2,1-2H3. The van der Waals surface area contributed by atoms with Crippen LogP contribution in [0.15, 0.2) is 46.1 Å². The van der Waals surface area contributed by atoms with Crippen molar-refractivity contribution in [1.82, 2.24) is 19.7 Å². The second-order valence-electron chi connectivity index (χ2n) is 5.58. The molecule has 24 heavy (non-hydrogen) atoms. The van der Waals surface area contributed by atoms with Gasteiger partial charge < -0.3 is 9.09 Å². The molecule has 0 atom stereocenters. The molecule has 2 aromatic heterocycles. The van der Waals surface area contributed by atoms with Gasteiger partial charge in [-0.1, -0.05) is 5.16 Å². The maximum absolute atomic E-state index is 11.5. The van der Waals surface area contributed by atoms with Crippen molar-refractivity contribution in [3.05, 3.63) is 48.4 Å². The summed E-state index contributed by atoms with van der Waals surface area (Å²) < 4.78 is 30.3. The van der Waals surface area contributed by atoms with Crippen molar-refractivity contribution >= 4 is 9.84 Å². The Morgan fingerprint density at radius 2 is 1.96 bits per heavy atom. The number of benzene rings is 1. The molecule has 0 aliphatic heterocycles. The third-order valence-electron chi connectivity index (χ3n) is 3.72. The van der Waals surface area contributed by atoms with Crippen molar-refractivity contribution in [2.45, 2.75) is 31.2 Å². The van der Waals surface area contributed by atoms with E-state index in [0.717, 1.165) is 24.4 Å². The van der Waals surface area contributed by atoms with Crippen molar-refractivity contribution in [3.63, 3.8) is 0 Å². The summed E-state index contributed by atoms with van der Waals surface area (Å²) in [7, 11) is -3.21. The molecular weight excluding hydrogens is 328 g/mol. The topological polar surface area (TPSA) is 90.9 Å². The number of nitrogens with zero attached hydrogens (tertiary/aromatic N) is 4. The lowest BCUT2D eigenvalue weighted by Crippen LogP contribution is -2.00. The van der Waals surface area contributed by atoms with Gasteiger partial charge in [0, 0.05) is 37.2 Å². The van der Waals surface area contributed by atoms with Gasteiger partial charge in [0.1, 0.15) is 5.82 Å². The van der Waals surface area contributed by atoms with Gasteiger partial charge in [0.05, 0.1) is 4.90 Å². The minimum atomic E-state index is -3.21. The first-order chi connectivity index (χ1) is 11.4. The van der Waals surface area contributed by atoms with Crippen molar-refractivity contribution in [1.29, 1.82) is 0 Å². The van der Waals surface area contributed by atoms with Crippen LogP contribution >= 0.6 is 0 Å². The maximum Gasteiger partial charge on any atom is 0.227 e. The Hall–Kier alpha value is -2.48. The van der Waals surface area contributed by atoms with E-state index >= 15 is 0 Å². The molecule has 0 aliphatic carbocycles. The molecule has 0 spiro atoms. The van der Waals surface area contributed by atoms with Crippen LogP contribution in [0.4, 0.5) is 0 Å². The average molecular weight is 346 g/mol. The maximum atomic E-state index is 11.5. The molecule has 0 amide bonds. The molecule has 3 rings (SSSR count). The molecule has 0 bridgehead atoms. The highest BCUT2D eigenvalue weighted by Gasteiger charge is 2.11. The van der Waals surface area contributed by atoms with Crippen molar-refractivity contribution < 1.29 is 12.9 Å². The molecule has 7 nitrogen and oxygen atoms in total. The van der Waals surface area contributed by atoms with E-state index in [1.807, 2.05) is 13.1 Å². The van der Waals surface area contributed by atoms with E-state index in [9.17, 15) is 8.42 Å². The largest absolute Gasteiger partial charge is 0.339 e. The highest BCUT2D eigenvalue weighted by atomic mass is 32.2. The fraction of sp³-hybridized carbons (Fsp3) is 0.312. The summed E-state index contributed by atoms with van der Waals surface area (Å²) in [5.74, 6) is 2.01. The lowest BCUT2D eigenvalue weighted by atomic mass is 10.2. The quantitative estimate of drug-likeness (QED) is 0.680. The Morgan fingerprint density at radius 3 is 2.58 bits per heavy atom. The van der Waals surface area contributed by atoms with Crippen LogP contribution in [0.3, 0.4) is 0 Å². The highest BCUT2D eigenvalue weighted by Crippen LogP contribution is 2.19. The first-order valence-electron chi connectivity index (χ1n) is 7.54. The van der Waals surface area contributed by atoms with Crippen LogP contribution in [-0.2, 0) is 22.8 Å². The van der Waals surface area contributed by atoms with Crippen LogP contribution in [0, 0.1) is 6.92 Å². The monoisotopic (exact) mass is 346 g/mol. The minimum Gasteiger partial charge on any atom is -0.339 e. The van der Waals surface area contributed by atoms with Crippen LogP contribution < -0.4 is 0 Å². The van der Waals surface area contributed by atoms with Crippen molar-refractivity contribution in [2.24, 2.45) is 0 Å². The predicted octanol–water partition coefficient (Wildman–Crippen LogP) is 2.28. The van der Waals surface area contributed by atoms with Gasteiger partial charge in [-0.2, -0.15) is 4.98 Å². The first-order valence-corrected chi connectivity index (χ1v) is 9.43. The lowest BCUT2D eigenvalue weighted by molar-refractivity contribution is 0.372. The van der Waals surface area contributed by atoms with Gasteiger partial charge in [-0.3, -0.25) is 0 Å². The molecule has 0 radical (unpaired) electrons. The molecule has 1 aromatic carbocycles. The van der Waals surface area contributed by atoms with Crippen LogP contribution in [0.2, 0.25) is 0 Å². The number of hydrogen-bond acceptors (Lipinski definition) is 6. The second-order valence-corrected chi connectivity index (χ2v) is 7.60. The third-order valence-corrected chi connectivity index (χ3v) is 4.85. The molecule has 8 heteroatoms. The zero-order valence-electron chi connectivity index (χ0n) is 13.5. The summed E-state index contributed by atoms with van der Waals surface area (Å²) in [5, 5.41) is 3.96. The molecule has 3 aromatic rings. The first kappa shape index (κ1) is 16.4. The van der Waals surface area contributed by atoms with Gasteiger partial charge in [-0.15, -0.1) is 0 Å². The third kappa shape index (κ3) is 3.70. The summed E-state index contributed by atoms with van der Waals surface area (Å²) in [4.78, 5) is 8.81. The molecule has 0 fully saturated rings. The molecule has 126 valence electrons. The summed E-state index contributed by atoms with van der Waals surface area (Å²) in [6.45, 7) is 2.80. The molecule has 0 saturated carbocycles. The Balaban J connectivity index is 1.64. The van der Waals surface area contributed by atoms with Crippen LogP contribution in [-0.4, -0.2) is 34.4 Å². The molecule has 0 N–H and O–H groups in total. The smallest absolute Gasteiger partial charge is 0.227 e. The van der Waals surface area contributed by atoms with E-state index in [0.29, 0.717) is 18.1 Å². The highest BCUT2D eigenvalue weighted by molar-refractivity contribution is 7.90. The Bertz CT molecular complexity index is 926. The Morgan fingerprint density at radius 1 is 1.21 bits per heavy atom. The zero-order valence-corrected chi connectivity index (χ0v) is 14.3. The second kappa shape index (κ2) is 6.56. The van der Waals surface area contributed by atoms with Crippen LogP contribution in [0.1, 0.15) is 18.1 Å². The molecular formula is C16H18N4O3S. The minimum absolute atomic E-state index is 0.269. The normalized spacial score (nSPS) is 11.8. The van der Waals surface area contributed by atoms with E-state index in [4.69, 9.17) is 4.52 Å². The van der Waals surface area contributed by atoms with E-state index in [-0.39, 0.29) is 4.90 Å². The van der Waals surface area contributed by atoms with E-state index in [2.05, 4.69) is 19.7 Å². The van der Waals surface area contributed by atoms with E-state index in [1.165, 1.54) is 6.26 Å². The SMILES string of the molecule is Cc1nccn1CCCc1nc(-c2ccc(S(C)(=O)=O)cc2)no1. The molecule has 2 heterocycles. The van der Waals surface area contributed by atoms with Gasteiger partial charge in [-0.25, -0.2) is 13.4 Å². The summed E-state index contributed by atoms with van der Waals surface area (Å²) in [5.41, 5.74) is 0.725. The number of imidazole rings is 1. The summed E-state index contributed by atoms with van der Waals surface area (Å²) in [6.07, 6.45) is 6.44. The zero-order chi connectivity index (χ0) is 17.2. The fourth-order valence-corrected chi connectivity index (χ4v) is 3.00. The number of aryl methyl sites for hydroxylation is 3. The number of rotatable bonds is 6. The summed E-state index contributed by atoms with van der Waals surface area (Å²) >= 11 is 0. The van der Waals surface area contributed by atoms with E-state index in [1.54, 1.807) is 30.5 Å². The van der Waals surface area contributed by atoms with Gasteiger partial charge in [-0.05, 0) is 37.6 Å². The van der Waals surface area contributed by atoms with E-state index < -0.39 is 9.84 Å². The Labute approximate surface area is 140 Å². The van der Waals surface area contributed by atoms with Gasteiger partial charge in [0.15, 0.2) is 9.84 Å². The van der Waals surface area contributed by atoms with Crippen LogP contribution in [0.5, 0.6) is 0 Å². The average Bonchev–Trinajstić information content (AvgIpc) is 3.17. The van der Waals surface area contributed by atoms with Gasteiger partial charge in [0.25, 0.3) is 0 Å². The van der Waals surface area contributed by atoms with Crippen molar-refractivity contribution in [3.8, 4) is 11.4 Å². The molecule has 0 unspecified atom stereocenters. The number of sulfone groups is 1. The fourth-order valence-electron chi connectivity index (χ4n) is 2.37. The van der Waals surface area contributed by atoms with Gasteiger partial charge in [0.2, 0.25) is 11.7 Å². The predicted molar refractivity (Wildman–Crippen MR) is 88.1 cm³/mol. The molecule has 0 saturated heterocycles.